The second kappa shape index (κ2) is 11.2. The lowest BCUT2D eigenvalue weighted by Gasteiger charge is -2.17. The SMILES string of the molecule is O=C(CN1CCCC1)Nc1cccc(Nc2ncc(Br)c(N[C@@H](CO)Cc3c[nH]cn3)n2)c1. The van der Waals surface area contributed by atoms with Gasteiger partial charge in [0.15, 0.2) is 0 Å². The van der Waals surface area contributed by atoms with E-state index in [0.29, 0.717) is 34.9 Å². The van der Waals surface area contributed by atoms with Gasteiger partial charge in [0, 0.05) is 30.2 Å². The Bertz CT molecular complexity index is 1060. The standard InChI is InChI=1S/C22H27BrN8O2/c23-19-11-25-22(30-21(19)28-18(13-32)9-17-10-24-14-26-17)29-16-5-3-4-15(8-16)27-20(33)12-31-6-1-2-7-31/h3-5,8,10-11,14,18,32H,1-2,6-7,9,12-13H2,(H,24,26)(H,27,33)(H2,25,28,29,30)/t18-/m1/s1. The minimum absolute atomic E-state index is 0.0209. The van der Waals surface area contributed by atoms with Crippen molar-refractivity contribution in [2.24, 2.45) is 0 Å². The van der Waals surface area contributed by atoms with Gasteiger partial charge >= 0.3 is 0 Å². The van der Waals surface area contributed by atoms with Crippen molar-refractivity contribution in [2.45, 2.75) is 25.3 Å². The fourth-order valence-electron chi connectivity index (χ4n) is 3.69. The van der Waals surface area contributed by atoms with Crippen LogP contribution in [0.1, 0.15) is 18.5 Å². The van der Waals surface area contributed by atoms with Crippen molar-refractivity contribution in [3.05, 3.63) is 53.2 Å². The van der Waals surface area contributed by atoms with Crippen molar-refractivity contribution < 1.29 is 9.90 Å². The highest BCUT2D eigenvalue weighted by Crippen LogP contribution is 2.24. The molecule has 3 heterocycles. The quantitative estimate of drug-likeness (QED) is 0.279. The molecule has 0 unspecified atom stereocenters. The van der Waals surface area contributed by atoms with Gasteiger partial charge in [-0.2, -0.15) is 4.98 Å². The van der Waals surface area contributed by atoms with E-state index in [1.165, 1.54) is 0 Å². The number of amides is 1. The Kier molecular flexibility index (Phi) is 7.87. The molecule has 2 aromatic heterocycles. The van der Waals surface area contributed by atoms with Crippen LogP contribution < -0.4 is 16.0 Å². The average molecular weight is 515 g/mol. The Balaban J connectivity index is 1.39. The molecule has 10 nitrogen and oxygen atoms in total. The van der Waals surface area contributed by atoms with E-state index in [2.05, 4.69) is 56.7 Å². The number of likely N-dealkylation sites (tertiary alicyclic amines) is 1. The molecule has 0 radical (unpaired) electrons. The number of H-pyrrole nitrogens is 1. The number of aromatic amines is 1. The number of halogens is 1. The van der Waals surface area contributed by atoms with Crippen LogP contribution in [0.3, 0.4) is 0 Å². The van der Waals surface area contributed by atoms with Crippen molar-refractivity contribution >= 4 is 45.0 Å². The van der Waals surface area contributed by atoms with Gasteiger partial charge in [-0.05, 0) is 60.1 Å². The minimum Gasteiger partial charge on any atom is -0.394 e. The topological polar surface area (TPSA) is 131 Å². The summed E-state index contributed by atoms with van der Waals surface area (Å²) < 4.78 is 0.677. The van der Waals surface area contributed by atoms with Crippen LogP contribution in [0.15, 0.2) is 47.5 Å². The van der Waals surface area contributed by atoms with E-state index in [-0.39, 0.29) is 18.6 Å². The summed E-state index contributed by atoms with van der Waals surface area (Å²) in [5, 5.41) is 19.1. The van der Waals surface area contributed by atoms with Gasteiger partial charge in [0.05, 0.1) is 35.7 Å². The molecule has 0 aliphatic carbocycles. The van der Waals surface area contributed by atoms with E-state index < -0.39 is 0 Å². The molecule has 3 aromatic rings. The number of nitrogens with zero attached hydrogens (tertiary/aromatic N) is 4. The second-order valence-electron chi connectivity index (χ2n) is 7.92. The number of imidazole rings is 1. The number of aromatic nitrogens is 4. The number of carbonyl (C=O) groups is 1. The largest absolute Gasteiger partial charge is 0.394 e. The van der Waals surface area contributed by atoms with Crippen LogP contribution in [0.25, 0.3) is 0 Å². The molecular weight excluding hydrogens is 488 g/mol. The summed E-state index contributed by atoms with van der Waals surface area (Å²) in [6.07, 6.45) is 7.89. The molecule has 1 amide bonds. The summed E-state index contributed by atoms with van der Waals surface area (Å²) in [6.45, 7) is 2.29. The van der Waals surface area contributed by atoms with Crippen molar-refractivity contribution in [2.75, 3.05) is 42.2 Å². The summed E-state index contributed by atoms with van der Waals surface area (Å²) in [6, 6.07) is 7.17. The predicted octanol–water partition coefficient (Wildman–Crippen LogP) is 2.76. The Morgan fingerprint density at radius 1 is 1.24 bits per heavy atom. The maximum atomic E-state index is 12.3. The summed E-state index contributed by atoms with van der Waals surface area (Å²) in [4.78, 5) is 30.4. The molecule has 1 aromatic carbocycles. The van der Waals surface area contributed by atoms with E-state index in [1.54, 1.807) is 18.7 Å². The number of aliphatic hydroxyl groups is 1. The van der Waals surface area contributed by atoms with Crippen LogP contribution in [0.2, 0.25) is 0 Å². The normalized spacial score (nSPS) is 14.7. The van der Waals surface area contributed by atoms with Gasteiger partial charge in [-0.15, -0.1) is 0 Å². The first-order chi connectivity index (χ1) is 16.1. The van der Waals surface area contributed by atoms with Gasteiger partial charge in [0.2, 0.25) is 11.9 Å². The summed E-state index contributed by atoms with van der Waals surface area (Å²) in [5.41, 5.74) is 2.30. The summed E-state index contributed by atoms with van der Waals surface area (Å²) in [5.74, 6) is 0.919. The number of benzene rings is 1. The fourth-order valence-corrected chi connectivity index (χ4v) is 3.99. The zero-order valence-corrected chi connectivity index (χ0v) is 19.7. The first-order valence-corrected chi connectivity index (χ1v) is 11.7. The monoisotopic (exact) mass is 514 g/mol. The lowest BCUT2D eigenvalue weighted by Crippen LogP contribution is -2.30. The van der Waals surface area contributed by atoms with Crippen LogP contribution >= 0.6 is 15.9 Å². The minimum atomic E-state index is -0.263. The maximum Gasteiger partial charge on any atom is 0.238 e. The lowest BCUT2D eigenvalue weighted by molar-refractivity contribution is -0.117. The molecule has 5 N–H and O–H groups in total. The van der Waals surface area contributed by atoms with Crippen molar-refractivity contribution in [1.82, 2.24) is 24.8 Å². The second-order valence-corrected chi connectivity index (χ2v) is 8.77. The molecule has 0 saturated carbocycles. The molecule has 33 heavy (non-hydrogen) atoms. The molecule has 0 spiro atoms. The molecule has 1 fully saturated rings. The number of rotatable bonds is 10. The molecule has 1 saturated heterocycles. The highest BCUT2D eigenvalue weighted by atomic mass is 79.9. The Labute approximate surface area is 200 Å². The Morgan fingerprint density at radius 2 is 2.06 bits per heavy atom. The zero-order valence-electron chi connectivity index (χ0n) is 18.1. The van der Waals surface area contributed by atoms with Gasteiger partial charge in [0.1, 0.15) is 5.82 Å². The predicted molar refractivity (Wildman–Crippen MR) is 131 cm³/mol. The lowest BCUT2D eigenvalue weighted by atomic mass is 10.2. The summed E-state index contributed by atoms with van der Waals surface area (Å²) in [7, 11) is 0. The van der Waals surface area contributed by atoms with Gasteiger partial charge in [0.25, 0.3) is 0 Å². The molecule has 0 bridgehead atoms. The van der Waals surface area contributed by atoms with Crippen LogP contribution in [-0.2, 0) is 11.2 Å². The molecule has 1 aliphatic rings. The number of hydrogen-bond donors (Lipinski definition) is 5. The van der Waals surface area contributed by atoms with Gasteiger partial charge < -0.3 is 26.0 Å². The van der Waals surface area contributed by atoms with Crippen molar-refractivity contribution in [3.8, 4) is 0 Å². The fraction of sp³-hybridized carbons (Fsp3) is 0.364. The van der Waals surface area contributed by atoms with E-state index >= 15 is 0 Å². The molecular formula is C22H27BrN8O2. The van der Waals surface area contributed by atoms with Crippen molar-refractivity contribution in [1.29, 1.82) is 0 Å². The number of carbonyl (C=O) groups excluding carboxylic acids is 1. The molecule has 174 valence electrons. The van der Waals surface area contributed by atoms with E-state index in [1.807, 2.05) is 24.3 Å². The zero-order chi connectivity index (χ0) is 23.0. The van der Waals surface area contributed by atoms with Crippen LogP contribution in [-0.4, -0.2) is 68.1 Å². The smallest absolute Gasteiger partial charge is 0.238 e. The number of nitrogens with one attached hydrogen (secondary N) is 4. The highest BCUT2D eigenvalue weighted by Gasteiger charge is 2.16. The first kappa shape index (κ1) is 23.1. The molecule has 1 atom stereocenters. The van der Waals surface area contributed by atoms with Crippen molar-refractivity contribution in [3.63, 3.8) is 0 Å². The third-order valence-electron chi connectivity index (χ3n) is 5.28. The number of anilines is 4. The van der Waals surface area contributed by atoms with Crippen LogP contribution in [0.4, 0.5) is 23.1 Å². The Morgan fingerprint density at radius 3 is 2.82 bits per heavy atom. The van der Waals surface area contributed by atoms with Crippen LogP contribution in [0.5, 0.6) is 0 Å². The Hall–Kier alpha value is -3.02. The first-order valence-electron chi connectivity index (χ1n) is 10.9. The maximum absolute atomic E-state index is 12.3. The highest BCUT2D eigenvalue weighted by molar-refractivity contribution is 9.10. The van der Waals surface area contributed by atoms with Gasteiger partial charge in [-0.25, -0.2) is 9.97 Å². The van der Waals surface area contributed by atoms with E-state index in [9.17, 15) is 9.90 Å². The molecule has 1 aliphatic heterocycles. The van der Waals surface area contributed by atoms with E-state index in [4.69, 9.17) is 0 Å². The van der Waals surface area contributed by atoms with Gasteiger partial charge in [-0.1, -0.05) is 6.07 Å². The number of aliphatic hydroxyl groups excluding tert-OH is 1. The average Bonchev–Trinajstić information content (AvgIpc) is 3.50. The molecule has 11 heteroatoms. The van der Waals surface area contributed by atoms with Crippen LogP contribution in [0, 0.1) is 0 Å². The van der Waals surface area contributed by atoms with E-state index in [0.717, 1.165) is 37.3 Å². The molecule has 4 rings (SSSR count). The van der Waals surface area contributed by atoms with Gasteiger partial charge in [-0.3, -0.25) is 9.69 Å². The number of hydrogen-bond acceptors (Lipinski definition) is 8. The third-order valence-corrected chi connectivity index (χ3v) is 5.86. The summed E-state index contributed by atoms with van der Waals surface area (Å²) >= 11 is 3.46. The third kappa shape index (κ3) is 6.73.